The van der Waals surface area contributed by atoms with Gasteiger partial charge in [-0.2, -0.15) is 8.91 Å². The molecule has 0 amide bonds. The van der Waals surface area contributed by atoms with Gasteiger partial charge in [-0.3, -0.25) is 10.1 Å². The van der Waals surface area contributed by atoms with E-state index in [4.69, 9.17) is 0 Å². The molecule has 3 heterocycles. The average molecular weight is 343 g/mol. The molecule has 3 aromatic rings. The third-order valence-electron chi connectivity index (χ3n) is 4.24. The molecule has 0 unspecified atom stereocenters. The molecule has 0 N–H and O–H groups in total. The van der Waals surface area contributed by atoms with Gasteiger partial charge in [0.2, 0.25) is 5.82 Å². The maximum atomic E-state index is 13.8. The van der Waals surface area contributed by atoms with Gasteiger partial charge in [0.1, 0.15) is 17.8 Å². The molecule has 1 saturated heterocycles. The maximum Gasteiger partial charge on any atom is 0.327 e. The summed E-state index contributed by atoms with van der Waals surface area (Å²) in [5.41, 5.74) is 0.504. The van der Waals surface area contributed by atoms with E-state index in [-0.39, 0.29) is 0 Å². The number of piperazine rings is 1. The average Bonchev–Trinajstić information content (AvgIpc) is 3.09. The van der Waals surface area contributed by atoms with Gasteiger partial charge in [-0.15, -0.1) is 15.3 Å². The molecule has 1 aromatic carbocycles. The minimum absolute atomic E-state index is 0.312. The van der Waals surface area contributed by atoms with Crippen molar-refractivity contribution in [3.63, 3.8) is 0 Å². The lowest BCUT2D eigenvalue weighted by molar-refractivity contribution is -0.386. The van der Waals surface area contributed by atoms with Gasteiger partial charge in [0, 0.05) is 26.2 Å². The van der Waals surface area contributed by atoms with Gasteiger partial charge in [-0.25, -0.2) is 0 Å². The Morgan fingerprint density at radius 1 is 1.08 bits per heavy atom. The second kappa shape index (κ2) is 5.96. The maximum absolute atomic E-state index is 13.8. The van der Waals surface area contributed by atoms with Gasteiger partial charge in [-0.1, -0.05) is 6.07 Å². The molecular formula is C15H14FN7O2. The van der Waals surface area contributed by atoms with E-state index in [1.54, 1.807) is 10.6 Å². The zero-order valence-electron chi connectivity index (χ0n) is 13.1. The second-order valence-electron chi connectivity index (χ2n) is 5.66. The Morgan fingerprint density at radius 2 is 1.84 bits per heavy atom. The van der Waals surface area contributed by atoms with E-state index >= 15 is 0 Å². The fraction of sp³-hybridized carbons (Fsp3) is 0.267. The van der Waals surface area contributed by atoms with E-state index in [1.165, 1.54) is 12.4 Å². The quantitative estimate of drug-likeness (QED) is 0.525. The lowest BCUT2D eigenvalue weighted by atomic mass is 10.2. The number of para-hydroxylation sites is 1. The molecular weight excluding hydrogens is 329 g/mol. The number of rotatable bonds is 3. The number of nitro benzene ring substituents is 1. The van der Waals surface area contributed by atoms with Gasteiger partial charge >= 0.3 is 5.69 Å². The van der Waals surface area contributed by atoms with Gasteiger partial charge < -0.3 is 9.80 Å². The fourth-order valence-electron chi connectivity index (χ4n) is 3.00. The van der Waals surface area contributed by atoms with Crippen LogP contribution in [0.4, 0.5) is 21.6 Å². The third kappa shape index (κ3) is 2.71. The molecule has 0 radical (unpaired) electrons. The Morgan fingerprint density at radius 3 is 2.60 bits per heavy atom. The van der Waals surface area contributed by atoms with Crippen molar-refractivity contribution < 1.29 is 9.31 Å². The summed E-state index contributed by atoms with van der Waals surface area (Å²) in [5, 5.41) is 23.3. The normalized spacial score (nSPS) is 14.9. The summed E-state index contributed by atoms with van der Waals surface area (Å²) in [6.07, 6.45) is 1.53. The molecule has 0 bridgehead atoms. The van der Waals surface area contributed by atoms with Crippen molar-refractivity contribution >= 4 is 22.8 Å². The summed E-state index contributed by atoms with van der Waals surface area (Å²) in [4.78, 5) is 14.4. The van der Waals surface area contributed by atoms with Crippen LogP contribution in [-0.2, 0) is 0 Å². The smallest absolute Gasteiger partial charge is 0.327 e. The number of nitro groups is 1. The van der Waals surface area contributed by atoms with Crippen molar-refractivity contribution in [2.45, 2.75) is 0 Å². The van der Waals surface area contributed by atoms with Crippen LogP contribution in [-0.4, -0.2) is 50.9 Å². The van der Waals surface area contributed by atoms with Crippen molar-refractivity contribution in [2.24, 2.45) is 0 Å². The highest BCUT2D eigenvalue weighted by molar-refractivity contribution is 5.64. The SMILES string of the molecule is O=[N+]([O-])c1c(F)cccc1N1CCN(c2ccc3nncn3n2)CC1. The lowest BCUT2D eigenvalue weighted by Gasteiger charge is -2.36. The first-order chi connectivity index (χ1) is 12.1. The molecule has 0 aliphatic carbocycles. The minimum atomic E-state index is -0.815. The van der Waals surface area contributed by atoms with E-state index in [2.05, 4.69) is 20.2 Å². The molecule has 25 heavy (non-hydrogen) atoms. The van der Waals surface area contributed by atoms with Crippen LogP contribution in [0.15, 0.2) is 36.7 Å². The van der Waals surface area contributed by atoms with E-state index in [0.717, 1.165) is 11.9 Å². The van der Waals surface area contributed by atoms with Crippen LogP contribution >= 0.6 is 0 Å². The number of benzene rings is 1. The minimum Gasteiger partial charge on any atom is -0.362 e. The molecule has 1 aliphatic heterocycles. The van der Waals surface area contributed by atoms with Crippen LogP contribution in [0.5, 0.6) is 0 Å². The molecule has 2 aromatic heterocycles. The first-order valence-corrected chi connectivity index (χ1v) is 7.73. The molecule has 1 aliphatic rings. The standard InChI is InChI=1S/C15H14FN7O2/c16-11-2-1-3-12(15(11)23(24)25)20-6-8-21(9-7-20)14-5-4-13-18-17-10-22(13)19-14/h1-5,10H,6-9H2. The van der Waals surface area contributed by atoms with Crippen molar-refractivity contribution in [3.05, 3.63) is 52.6 Å². The van der Waals surface area contributed by atoms with E-state index in [9.17, 15) is 14.5 Å². The summed E-state index contributed by atoms with van der Waals surface area (Å²) in [5.74, 6) is -0.0367. The number of hydrogen-bond acceptors (Lipinski definition) is 7. The summed E-state index contributed by atoms with van der Waals surface area (Å²) >= 11 is 0. The largest absolute Gasteiger partial charge is 0.362 e. The van der Waals surface area contributed by atoms with E-state index in [0.29, 0.717) is 37.5 Å². The molecule has 0 saturated carbocycles. The van der Waals surface area contributed by atoms with Crippen molar-refractivity contribution in [2.75, 3.05) is 36.0 Å². The molecule has 128 valence electrons. The molecule has 0 atom stereocenters. The Bertz CT molecular complexity index is 937. The van der Waals surface area contributed by atoms with Crippen LogP contribution < -0.4 is 9.80 Å². The summed E-state index contributed by atoms with van der Waals surface area (Å²) in [7, 11) is 0. The number of halogens is 1. The highest BCUT2D eigenvalue weighted by Gasteiger charge is 2.27. The van der Waals surface area contributed by atoms with Crippen molar-refractivity contribution in [1.29, 1.82) is 0 Å². The van der Waals surface area contributed by atoms with Crippen LogP contribution in [0.2, 0.25) is 0 Å². The molecule has 1 fully saturated rings. The van der Waals surface area contributed by atoms with Crippen LogP contribution in [0, 0.1) is 15.9 Å². The molecule has 4 rings (SSSR count). The van der Waals surface area contributed by atoms with Crippen molar-refractivity contribution in [3.8, 4) is 0 Å². The van der Waals surface area contributed by atoms with Crippen LogP contribution in [0.3, 0.4) is 0 Å². The first-order valence-electron chi connectivity index (χ1n) is 7.73. The monoisotopic (exact) mass is 343 g/mol. The summed E-state index contributed by atoms with van der Waals surface area (Å²) in [6.45, 7) is 2.31. The molecule has 9 nitrogen and oxygen atoms in total. The fourth-order valence-corrected chi connectivity index (χ4v) is 3.00. The Balaban J connectivity index is 1.54. The van der Waals surface area contributed by atoms with Gasteiger partial charge in [0.15, 0.2) is 5.65 Å². The van der Waals surface area contributed by atoms with E-state index in [1.807, 2.05) is 17.0 Å². The Labute approximate surface area is 141 Å². The molecule has 10 heteroatoms. The van der Waals surface area contributed by atoms with Gasteiger partial charge in [0.25, 0.3) is 0 Å². The van der Waals surface area contributed by atoms with Crippen LogP contribution in [0.25, 0.3) is 5.65 Å². The van der Waals surface area contributed by atoms with Gasteiger partial charge in [-0.05, 0) is 24.3 Å². The highest BCUT2D eigenvalue weighted by atomic mass is 19.1. The Kier molecular flexibility index (Phi) is 3.64. The number of fused-ring (bicyclic) bond motifs is 1. The first kappa shape index (κ1) is 15.2. The van der Waals surface area contributed by atoms with Crippen molar-refractivity contribution in [1.82, 2.24) is 19.8 Å². The highest BCUT2D eigenvalue weighted by Crippen LogP contribution is 2.31. The Hall–Kier alpha value is -3.30. The van der Waals surface area contributed by atoms with E-state index < -0.39 is 16.4 Å². The van der Waals surface area contributed by atoms with Gasteiger partial charge in [0.05, 0.1) is 4.92 Å². The molecule has 0 spiro atoms. The number of hydrogen-bond donors (Lipinski definition) is 0. The summed E-state index contributed by atoms with van der Waals surface area (Å²) < 4.78 is 15.4. The topological polar surface area (TPSA) is 92.7 Å². The number of nitrogens with zero attached hydrogens (tertiary/aromatic N) is 7. The predicted molar refractivity (Wildman–Crippen MR) is 88.3 cm³/mol. The number of anilines is 2. The third-order valence-corrected chi connectivity index (χ3v) is 4.24. The lowest BCUT2D eigenvalue weighted by Crippen LogP contribution is -2.47. The number of aromatic nitrogens is 4. The second-order valence-corrected chi connectivity index (χ2v) is 5.66. The van der Waals surface area contributed by atoms with Crippen LogP contribution in [0.1, 0.15) is 0 Å². The predicted octanol–water partition coefficient (Wildman–Crippen LogP) is 1.50. The summed E-state index contributed by atoms with van der Waals surface area (Å²) in [6, 6.07) is 7.88. The zero-order chi connectivity index (χ0) is 17.4. The zero-order valence-corrected chi connectivity index (χ0v) is 13.1.